The molecule has 0 spiro atoms. The summed E-state index contributed by atoms with van der Waals surface area (Å²) >= 11 is 1.40. The molecule has 0 aliphatic heterocycles. The molecule has 0 aliphatic rings. The van der Waals surface area contributed by atoms with Crippen molar-refractivity contribution in [2.24, 2.45) is 0 Å². The van der Waals surface area contributed by atoms with Crippen molar-refractivity contribution in [2.45, 2.75) is 50.6 Å². The van der Waals surface area contributed by atoms with Crippen LogP contribution >= 0.6 is 11.8 Å². The van der Waals surface area contributed by atoms with Gasteiger partial charge in [0.2, 0.25) is 5.91 Å². The summed E-state index contributed by atoms with van der Waals surface area (Å²) in [5.41, 5.74) is 2.46. The highest BCUT2D eigenvalue weighted by molar-refractivity contribution is 8.00. The maximum Gasteiger partial charge on any atom is 0.224 e. The SMILES string of the molecule is CCCC(=O)Nc1ccc(C(=O)C(C)Sc2nnc(C)n2Cc2ccccc2)cc1. The van der Waals surface area contributed by atoms with Crippen molar-refractivity contribution >= 4 is 29.1 Å². The predicted octanol–water partition coefficient (Wildman–Crippen LogP) is 4.74. The summed E-state index contributed by atoms with van der Waals surface area (Å²) in [5, 5.41) is 11.7. The number of hydrogen-bond donors (Lipinski definition) is 1. The average Bonchev–Trinajstić information content (AvgIpc) is 3.08. The molecular weight excluding hydrogens is 396 g/mol. The van der Waals surface area contributed by atoms with E-state index in [9.17, 15) is 9.59 Å². The number of nitrogens with one attached hydrogen (secondary N) is 1. The van der Waals surface area contributed by atoms with Crippen molar-refractivity contribution in [3.8, 4) is 0 Å². The monoisotopic (exact) mass is 422 g/mol. The van der Waals surface area contributed by atoms with E-state index in [1.54, 1.807) is 24.3 Å². The lowest BCUT2D eigenvalue weighted by Gasteiger charge is -2.13. The van der Waals surface area contributed by atoms with Crippen molar-refractivity contribution in [3.63, 3.8) is 0 Å². The van der Waals surface area contributed by atoms with Crippen molar-refractivity contribution in [2.75, 3.05) is 5.32 Å². The van der Waals surface area contributed by atoms with E-state index in [0.717, 1.165) is 23.0 Å². The first-order valence-corrected chi connectivity index (χ1v) is 10.9. The molecule has 3 rings (SSSR count). The largest absolute Gasteiger partial charge is 0.326 e. The van der Waals surface area contributed by atoms with Crippen LogP contribution in [0.4, 0.5) is 5.69 Å². The van der Waals surface area contributed by atoms with E-state index in [1.165, 1.54) is 11.8 Å². The van der Waals surface area contributed by atoms with Crippen LogP contribution in [0.3, 0.4) is 0 Å². The average molecular weight is 423 g/mol. The van der Waals surface area contributed by atoms with Crippen molar-refractivity contribution in [1.29, 1.82) is 0 Å². The molecule has 1 atom stereocenters. The molecular formula is C23H26N4O2S. The van der Waals surface area contributed by atoms with Crippen molar-refractivity contribution < 1.29 is 9.59 Å². The Hall–Kier alpha value is -2.93. The number of anilines is 1. The molecule has 0 saturated heterocycles. The van der Waals surface area contributed by atoms with Crippen LogP contribution in [0.25, 0.3) is 0 Å². The summed E-state index contributed by atoms with van der Waals surface area (Å²) in [6.45, 7) is 6.41. The van der Waals surface area contributed by atoms with Gasteiger partial charge in [0.05, 0.1) is 11.8 Å². The van der Waals surface area contributed by atoms with Crippen molar-refractivity contribution in [3.05, 3.63) is 71.5 Å². The Morgan fingerprint density at radius 2 is 1.77 bits per heavy atom. The second-order valence-electron chi connectivity index (χ2n) is 7.10. The van der Waals surface area contributed by atoms with Gasteiger partial charge in [0, 0.05) is 17.7 Å². The summed E-state index contributed by atoms with van der Waals surface area (Å²) in [4.78, 5) is 24.6. The molecule has 0 saturated carbocycles. The third-order valence-corrected chi connectivity index (χ3v) is 5.75. The van der Waals surface area contributed by atoms with Crippen LogP contribution in [0.5, 0.6) is 0 Å². The quantitative estimate of drug-likeness (QED) is 0.398. The molecule has 156 valence electrons. The Morgan fingerprint density at radius 1 is 1.07 bits per heavy atom. The molecule has 0 fully saturated rings. The number of Topliss-reactive ketones (excluding diaryl/α,β-unsaturated/α-hetero) is 1. The summed E-state index contributed by atoms with van der Waals surface area (Å²) in [6, 6.07) is 17.1. The number of aromatic nitrogens is 3. The lowest BCUT2D eigenvalue weighted by Crippen LogP contribution is -2.15. The first-order chi connectivity index (χ1) is 14.5. The molecule has 1 amide bonds. The second kappa shape index (κ2) is 10.2. The molecule has 0 bridgehead atoms. The third kappa shape index (κ3) is 5.57. The molecule has 1 aromatic heterocycles. The molecule has 30 heavy (non-hydrogen) atoms. The first kappa shape index (κ1) is 21.8. The van der Waals surface area contributed by atoms with E-state index < -0.39 is 0 Å². The van der Waals surface area contributed by atoms with Gasteiger partial charge in [0.25, 0.3) is 0 Å². The number of carbonyl (C=O) groups excluding carboxylic acids is 2. The van der Waals surface area contributed by atoms with Gasteiger partial charge in [0.15, 0.2) is 10.9 Å². The Kier molecular flexibility index (Phi) is 7.41. The number of aryl methyl sites for hydroxylation is 1. The highest BCUT2D eigenvalue weighted by Crippen LogP contribution is 2.26. The van der Waals surface area contributed by atoms with Crippen LogP contribution in [0.1, 0.15) is 48.4 Å². The fourth-order valence-corrected chi connectivity index (χ4v) is 3.98. The standard InChI is InChI=1S/C23H26N4O2S/c1-4-8-21(28)24-20-13-11-19(12-14-20)22(29)16(2)30-23-26-25-17(3)27(23)15-18-9-6-5-7-10-18/h5-7,9-14,16H,4,8,15H2,1-3H3,(H,24,28). The number of hydrogen-bond acceptors (Lipinski definition) is 5. The van der Waals surface area contributed by atoms with Crippen LogP contribution in [0.15, 0.2) is 59.8 Å². The Balaban J connectivity index is 1.67. The fourth-order valence-electron chi connectivity index (χ4n) is 3.01. The minimum absolute atomic E-state index is 0.0124. The van der Waals surface area contributed by atoms with E-state index in [4.69, 9.17) is 0 Å². The van der Waals surface area contributed by atoms with Gasteiger partial charge in [-0.1, -0.05) is 49.0 Å². The molecule has 1 unspecified atom stereocenters. The Labute approximate surface area is 181 Å². The number of amides is 1. The van der Waals surface area contributed by atoms with Gasteiger partial charge in [-0.2, -0.15) is 0 Å². The lowest BCUT2D eigenvalue weighted by molar-refractivity contribution is -0.116. The number of ketones is 1. The smallest absolute Gasteiger partial charge is 0.224 e. The van der Waals surface area contributed by atoms with E-state index in [0.29, 0.717) is 24.2 Å². The molecule has 6 nitrogen and oxygen atoms in total. The topological polar surface area (TPSA) is 76.9 Å². The minimum atomic E-state index is -0.316. The maximum atomic E-state index is 12.9. The predicted molar refractivity (Wildman–Crippen MR) is 120 cm³/mol. The zero-order chi connectivity index (χ0) is 21.5. The van der Waals surface area contributed by atoms with E-state index in [1.807, 2.05) is 43.5 Å². The maximum absolute atomic E-state index is 12.9. The normalized spacial score (nSPS) is 11.8. The van der Waals surface area contributed by atoms with Crippen molar-refractivity contribution in [1.82, 2.24) is 14.8 Å². The fraction of sp³-hybridized carbons (Fsp3) is 0.304. The molecule has 7 heteroatoms. The van der Waals surface area contributed by atoms with Crippen LogP contribution in [0.2, 0.25) is 0 Å². The van der Waals surface area contributed by atoms with Gasteiger partial charge in [-0.3, -0.25) is 9.59 Å². The Bertz CT molecular complexity index is 1000. The molecule has 1 heterocycles. The summed E-state index contributed by atoms with van der Waals surface area (Å²) in [5.74, 6) is 0.806. The Morgan fingerprint density at radius 3 is 2.43 bits per heavy atom. The van der Waals surface area contributed by atoms with Gasteiger partial charge in [-0.15, -0.1) is 10.2 Å². The van der Waals surface area contributed by atoms with Gasteiger partial charge in [-0.25, -0.2) is 0 Å². The third-order valence-electron chi connectivity index (χ3n) is 4.67. The summed E-state index contributed by atoms with van der Waals surface area (Å²) < 4.78 is 2.02. The molecule has 3 aromatic rings. The summed E-state index contributed by atoms with van der Waals surface area (Å²) in [7, 11) is 0. The summed E-state index contributed by atoms with van der Waals surface area (Å²) in [6.07, 6.45) is 1.28. The minimum Gasteiger partial charge on any atom is -0.326 e. The van der Waals surface area contributed by atoms with Gasteiger partial charge in [-0.05, 0) is 50.1 Å². The molecule has 0 radical (unpaired) electrons. The number of carbonyl (C=O) groups is 2. The van der Waals surface area contributed by atoms with E-state index >= 15 is 0 Å². The number of thioether (sulfide) groups is 1. The second-order valence-corrected chi connectivity index (χ2v) is 8.41. The zero-order valence-corrected chi connectivity index (χ0v) is 18.3. The van der Waals surface area contributed by atoms with Crippen LogP contribution in [-0.4, -0.2) is 31.7 Å². The highest BCUT2D eigenvalue weighted by Gasteiger charge is 2.20. The van der Waals surface area contributed by atoms with Crippen LogP contribution < -0.4 is 5.32 Å². The first-order valence-electron chi connectivity index (χ1n) is 10.0. The van der Waals surface area contributed by atoms with Gasteiger partial charge < -0.3 is 9.88 Å². The molecule has 2 aromatic carbocycles. The number of rotatable bonds is 9. The zero-order valence-electron chi connectivity index (χ0n) is 17.5. The highest BCUT2D eigenvalue weighted by atomic mass is 32.2. The lowest BCUT2D eigenvalue weighted by atomic mass is 10.1. The van der Waals surface area contributed by atoms with Crippen LogP contribution in [0, 0.1) is 6.92 Å². The number of benzene rings is 2. The van der Waals surface area contributed by atoms with E-state index in [2.05, 4.69) is 27.6 Å². The molecule has 0 aliphatic carbocycles. The van der Waals surface area contributed by atoms with Gasteiger partial charge >= 0.3 is 0 Å². The molecule has 1 N–H and O–H groups in total. The van der Waals surface area contributed by atoms with Gasteiger partial charge in [0.1, 0.15) is 5.82 Å². The van der Waals surface area contributed by atoms with Crippen LogP contribution in [-0.2, 0) is 11.3 Å². The number of nitrogens with zero attached hydrogens (tertiary/aromatic N) is 3. The van der Waals surface area contributed by atoms with E-state index in [-0.39, 0.29) is 16.9 Å².